The smallest absolute Gasteiger partial charge is 0.274 e. The second-order valence-electron chi connectivity index (χ2n) is 7.77. The van der Waals surface area contributed by atoms with Gasteiger partial charge in [0.2, 0.25) is 0 Å². The molecular formula is C23H22N6O2. The van der Waals surface area contributed by atoms with Crippen molar-refractivity contribution in [3.63, 3.8) is 0 Å². The van der Waals surface area contributed by atoms with Crippen molar-refractivity contribution in [1.82, 2.24) is 24.6 Å². The van der Waals surface area contributed by atoms with E-state index in [0.29, 0.717) is 35.8 Å². The first-order chi connectivity index (χ1) is 15.1. The number of benzene rings is 1. The van der Waals surface area contributed by atoms with Gasteiger partial charge < -0.3 is 15.2 Å². The SMILES string of the molecule is CC1CCNC(=O)c2cc3ccc(C(=O)Nc4cnn(Cc5ccccc5)c4)nc3n21. The molecule has 2 N–H and O–H groups in total. The largest absolute Gasteiger partial charge is 0.351 e. The number of carbonyl (C=O) groups is 2. The molecule has 0 aliphatic carbocycles. The summed E-state index contributed by atoms with van der Waals surface area (Å²) in [7, 11) is 0. The van der Waals surface area contributed by atoms with Gasteiger partial charge in [0.25, 0.3) is 11.8 Å². The number of aromatic nitrogens is 4. The fraction of sp³-hybridized carbons (Fsp3) is 0.217. The Morgan fingerprint density at radius 3 is 2.90 bits per heavy atom. The summed E-state index contributed by atoms with van der Waals surface area (Å²) in [6.07, 6.45) is 4.22. The number of rotatable bonds is 4. The molecule has 3 aromatic heterocycles. The predicted octanol–water partition coefficient (Wildman–Crippen LogP) is 3.23. The average Bonchev–Trinajstić information content (AvgIpc) is 3.34. The number of nitrogens with zero attached hydrogens (tertiary/aromatic N) is 4. The van der Waals surface area contributed by atoms with E-state index < -0.39 is 0 Å². The zero-order valence-electron chi connectivity index (χ0n) is 17.1. The first-order valence-electron chi connectivity index (χ1n) is 10.3. The second-order valence-corrected chi connectivity index (χ2v) is 7.77. The maximum absolute atomic E-state index is 12.8. The molecule has 2 amide bonds. The van der Waals surface area contributed by atoms with Crippen LogP contribution in [0.2, 0.25) is 0 Å². The van der Waals surface area contributed by atoms with Gasteiger partial charge in [0.15, 0.2) is 0 Å². The molecule has 0 fully saturated rings. The van der Waals surface area contributed by atoms with E-state index in [4.69, 9.17) is 0 Å². The molecule has 0 bridgehead atoms. The molecule has 8 nitrogen and oxygen atoms in total. The molecule has 8 heteroatoms. The summed E-state index contributed by atoms with van der Waals surface area (Å²) in [4.78, 5) is 29.8. The Kier molecular flexibility index (Phi) is 4.74. The van der Waals surface area contributed by atoms with Gasteiger partial charge >= 0.3 is 0 Å². The molecule has 4 heterocycles. The summed E-state index contributed by atoms with van der Waals surface area (Å²) in [5, 5.41) is 10.9. The van der Waals surface area contributed by atoms with Crippen molar-refractivity contribution in [2.75, 3.05) is 11.9 Å². The van der Waals surface area contributed by atoms with Gasteiger partial charge in [-0.1, -0.05) is 30.3 Å². The number of nitrogens with one attached hydrogen (secondary N) is 2. The predicted molar refractivity (Wildman–Crippen MR) is 117 cm³/mol. The van der Waals surface area contributed by atoms with Crippen LogP contribution >= 0.6 is 0 Å². The van der Waals surface area contributed by atoms with E-state index in [0.717, 1.165) is 17.4 Å². The third-order valence-corrected chi connectivity index (χ3v) is 5.52. The lowest BCUT2D eigenvalue weighted by Crippen LogP contribution is -2.22. The van der Waals surface area contributed by atoms with Crippen LogP contribution in [0.15, 0.2) is 60.9 Å². The van der Waals surface area contributed by atoms with E-state index in [1.54, 1.807) is 23.1 Å². The van der Waals surface area contributed by atoms with Crippen molar-refractivity contribution >= 4 is 28.5 Å². The maximum atomic E-state index is 12.8. The molecule has 0 saturated heterocycles. The second kappa shape index (κ2) is 7.71. The third-order valence-electron chi connectivity index (χ3n) is 5.52. The molecule has 0 spiro atoms. The number of pyridine rings is 1. The molecule has 31 heavy (non-hydrogen) atoms. The Morgan fingerprint density at radius 1 is 1.23 bits per heavy atom. The van der Waals surface area contributed by atoms with Gasteiger partial charge in [0.1, 0.15) is 17.0 Å². The number of amides is 2. The molecule has 5 rings (SSSR count). The average molecular weight is 414 g/mol. The van der Waals surface area contributed by atoms with Crippen LogP contribution in [0.3, 0.4) is 0 Å². The quantitative estimate of drug-likeness (QED) is 0.536. The Labute approximate surface area is 178 Å². The third kappa shape index (κ3) is 3.68. The van der Waals surface area contributed by atoms with Crippen molar-refractivity contribution in [3.05, 3.63) is 77.9 Å². The van der Waals surface area contributed by atoms with Crippen LogP contribution in [0.5, 0.6) is 0 Å². The summed E-state index contributed by atoms with van der Waals surface area (Å²) in [5.41, 5.74) is 3.24. The fourth-order valence-electron chi connectivity index (χ4n) is 3.94. The summed E-state index contributed by atoms with van der Waals surface area (Å²) in [6, 6.07) is 15.4. The molecule has 0 radical (unpaired) electrons. The lowest BCUT2D eigenvalue weighted by atomic mass is 10.2. The Bertz CT molecular complexity index is 1270. The van der Waals surface area contributed by atoms with Crippen LogP contribution in [0.1, 0.15) is 45.9 Å². The van der Waals surface area contributed by atoms with Gasteiger partial charge in [-0.25, -0.2) is 4.98 Å². The highest BCUT2D eigenvalue weighted by Gasteiger charge is 2.24. The molecule has 1 atom stereocenters. The summed E-state index contributed by atoms with van der Waals surface area (Å²) < 4.78 is 3.70. The summed E-state index contributed by atoms with van der Waals surface area (Å²) in [6.45, 7) is 3.30. The topological polar surface area (TPSA) is 93.8 Å². The van der Waals surface area contributed by atoms with E-state index in [9.17, 15) is 9.59 Å². The number of hydrogen-bond donors (Lipinski definition) is 2. The van der Waals surface area contributed by atoms with E-state index in [1.165, 1.54) is 0 Å². The molecule has 1 unspecified atom stereocenters. The van der Waals surface area contributed by atoms with Crippen LogP contribution < -0.4 is 10.6 Å². The Hall–Kier alpha value is -3.94. The fourth-order valence-corrected chi connectivity index (χ4v) is 3.94. The van der Waals surface area contributed by atoms with Gasteiger partial charge in [-0.2, -0.15) is 5.10 Å². The van der Waals surface area contributed by atoms with Crippen molar-refractivity contribution < 1.29 is 9.59 Å². The zero-order valence-corrected chi connectivity index (χ0v) is 17.1. The van der Waals surface area contributed by atoms with E-state index in [2.05, 4.69) is 27.6 Å². The highest BCUT2D eigenvalue weighted by Crippen LogP contribution is 2.26. The minimum absolute atomic E-state index is 0.105. The van der Waals surface area contributed by atoms with Crippen molar-refractivity contribution in [2.24, 2.45) is 0 Å². The van der Waals surface area contributed by atoms with Crippen LogP contribution in [-0.4, -0.2) is 37.7 Å². The molecule has 1 aliphatic rings. The molecule has 1 aromatic carbocycles. The van der Waals surface area contributed by atoms with Crippen LogP contribution in [-0.2, 0) is 6.54 Å². The Morgan fingerprint density at radius 2 is 2.06 bits per heavy atom. The summed E-state index contributed by atoms with van der Waals surface area (Å²) in [5.74, 6) is -0.429. The first-order valence-corrected chi connectivity index (χ1v) is 10.3. The van der Waals surface area contributed by atoms with Crippen molar-refractivity contribution in [3.8, 4) is 0 Å². The molecule has 156 valence electrons. The minimum atomic E-state index is -0.317. The molecule has 1 aliphatic heterocycles. The highest BCUT2D eigenvalue weighted by atomic mass is 16.2. The van der Waals surface area contributed by atoms with Gasteiger partial charge in [0.05, 0.1) is 18.4 Å². The van der Waals surface area contributed by atoms with Crippen molar-refractivity contribution in [1.29, 1.82) is 0 Å². The van der Waals surface area contributed by atoms with E-state index in [1.807, 2.05) is 47.0 Å². The first kappa shape index (κ1) is 19.0. The zero-order chi connectivity index (χ0) is 21.4. The lowest BCUT2D eigenvalue weighted by Gasteiger charge is -2.13. The number of fused-ring (bicyclic) bond motifs is 3. The number of hydrogen-bond acceptors (Lipinski definition) is 4. The van der Waals surface area contributed by atoms with E-state index in [-0.39, 0.29) is 17.9 Å². The van der Waals surface area contributed by atoms with Crippen molar-refractivity contribution in [2.45, 2.75) is 25.9 Å². The lowest BCUT2D eigenvalue weighted by molar-refractivity contribution is 0.0950. The van der Waals surface area contributed by atoms with Gasteiger partial charge in [-0.05, 0) is 37.1 Å². The van der Waals surface area contributed by atoms with Gasteiger partial charge in [0, 0.05) is 24.2 Å². The molecule has 4 aromatic rings. The van der Waals surface area contributed by atoms with Gasteiger partial charge in [-0.3, -0.25) is 14.3 Å². The van der Waals surface area contributed by atoms with E-state index >= 15 is 0 Å². The monoisotopic (exact) mass is 414 g/mol. The van der Waals surface area contributed by atoms with Crippen LogP contribution in [0.4, 0.5) is 5.69 Å². The number of anilines is 1. The normalized spacial score (nSPS) is 15.9. The van der Waals surface area contributed by atoms with Crippen LogP contribution in [0.25, 0.3) is 11.0 Å². The standard InChI is InChI=1S/C23H22N6O2/c1-15-9-10-24-23(31)20-11-17-7-8-19(27-21(17)29(15)20)22(30)26-18-12-25-28(14-18)13-16-5-3-2-4-6-16/h2-8,11-12,14-15H,9-10,13H2,1H3,(H,24,31)(H,26,30). The molecule has 0 saturated carbocycles. The number of carbonyl (C=O) groups excluding carboxylic acids is 2. The van der Waals surface area contributed by atoms with Crippen LogP contribution in [0, 0.1) is 0 Å². The summed E-state index contributed by atoms with van der Waals surface area (Å²) >= 11 is 0. The Balaban J connectivity index is 1.39. The molecular weight excluding hydrogens is 392 g/mol. The van der Waals surface area contributed by atoms with Gasteiger partial charge in [-0.15, -0.1) is 0 Å². The minimum Gasteiger partial charge on any atom is -0.351 e. The highest BCUT2D eigenvalue weighted by molar-refractivity contribution is 6.04. The maximum Gasteiger partial charge on any atom is 0.274 e.